The van der Waals surface area contributed by atoms with Crippen LogP contribution in [0.1, 0.15) is 59.6 Å². The molecule has 0 spiro atoms. The Hall–Kier alpha value is -2.44. The van der Waals surface area contributed by atoms with Crippen LogP contribution in [0.3, 0.4) is 0 Å². The van der Waals surface area contributed by atoms with E-state index in [1.807, 2.05) is 26.8 Å². The third kappa shape index (κ3) is 6.52. The van der Waals surface area contributed by atoms with Crippen LogP contribution in [0.15, 0.2) is 10.6 Å². The van der Waals surface area contributed by atoms with Crippen LogP contribution < -0.4 is 16.4 Å². The molecule has 1 aromatic heterocycles. The van der Waals surface area contributed by atoms with Crippen molar-refractivity contribution in [2.45, 2.75) is 59.4 Å². The quantitative estimate of drug-likeness (QED) is 0.595. The van der Waals surface area contributed by atoms with E-state index in [-0.39, 0.29) is 17.4 Å². The van der Waals surface area contributed by atoms with Gasteiger partial charge in [0, 0.05) is 13.5 Å². The minimum Gasteiger partial charge on any atom is -0.368 e. The lowest BCUT2D eigenvalue weighted by molar-refractivity contribution is -0.119. The molecule has 138 valence electrons. The van der Waals surface area contributed by atoms with Crippen molar-refractivity contribution < 1.29 is 4.79 Å². The van der Waals surface area contributed by atoms with Gasteiger partial charge in [0.2, 0.25) is 11.9 Å². The second-order valence-corrected chi connectivity index (χ2v) is 6.74. The molecule has 0 aliphatic carbocycles. The number of rotatable bonds is 9. The van der Waals surface area contributed by atoms with Gasteiger partial charge in [0.15, 0.2) is 5.82 Å². The molecule has 0 fully saturated rings. The van der Waals surface area contributed by atoms with E-state index < -0.39 is 0 Å². The Bertz CT molecular complexity index is 651. The summed E-state index contributed by atoms with van der Waals surface area (Å²) in [5.41, 5.74) is 7.75. The third-order valence-corrected chi connectivity index (χ3v) is 3.74. The predicted molar refractivity (Wildman–Crippen MR) is 105 cm³/mol. The average Bonchev–Trinajstić information content (AvgIpc) is 2.50. The minimum absolute atomic E-state index is 0.0703. The monoisotopic (exact) mass is 346 g/mol. The fourth-order valence-corrected chi connectivity index (χ4v) is 2.47. The Morgan fingerprint density at radius 2 is 2.04 bits per heavy atom. The van der Waals surface area contributed by atoms with E-state index in [4.69, 9.17) is 5.73 Å². The predicted octanol–water partition coefficient (Wildman–Crippen LogP) is 3.31. The number of amides is 1. The van der Waals surface area contributed by atoms with Crippen LogP contribution in [0.25, 0.3) is 6.08 Å². The molecular weight excluding hydrogens is 316 g/mol. The van der Waals surface area contributed by atoms with Crippen LogP contribution in [0.4, 0.5) is 17.5 Å². The zero-order chi connectivity index (χ0) is 19.0. The second-order valence-electron chi connectivity index (χ2n) is 6.74. The molecule has 0 saturated heterocycles. The van der Waals surface area contributed by atoms with Gasteiger partial charge in [-0.2, -0.15) is 4.98 Å². The zero-order valence-electron chi connectivity index (χ0n) is 15.9. The van der Waals surface area contributed by atoms with Gasteiger partial charge in [0.25, 0.3) is 0 Å². The number of nitrogens with one attached hydrogen (secondary N) is 2. The van der Waals surface area contributed by atoms with E-state index in [0.717, 1.165) is 24.8 Å². The van der Waals surface area contributed by atoms with E-state index in [0.29, 0.717) is 23.7 Å². The summed E-state index contributed by atoms with van der Waals surface area (Å²) >= 11 is 0. The summed E-state index contributed by atoms with van der Waals surface area (Å²) in [7, 11) is 0. The molecule has 0 aliphatic rings. The number of nitrogen functional groups attached to an aromatic ring is 1. The van der Waals surface area contributed by atoms with Crippen molar-refractivity contribution in [3.8, 4) is 0 Å². The van der Waals surface area contributed by atoms with Crippen molar-refractivity contribution >= 4 is 36.2 Å². The normalized spacial score (nSPS) is 12.8. The summed E-state index contributed by atoms with van der Waals surface area (Å²) in [6.07, 6.45) is 4.83. The Kier molecular flexibility index (Phi) is 7.54. The molecule has 25 heavy (non-hydrogen) atoms. The third-order valence-electron chi connectivity index (χ3n) is 3.74. The van der Waals surface area contributed by atoms with Gasteiger partial charge in [-0.05, 0) is 40.0 Å². The standard InChI is InChI=1S/C18H30N6O/c1-7-8-9-18(5,11-21-13(4)25)24-16-15(20-6)14(10-12(2)3)22-17(19)23-16/h10H,6-9,11H2,1-5H3,(H,21,25)(H3,19,22,23,24)/t18-/m1/s1. The Labute approximate surface area is 150 Å². The Morgan fingerprint density at radius 1 is 1.36 bits per heavy atom. The van der Waals surface area contributed by atoms with Crippen LogP contribution in [0.5, 0.6) is 0 Å². The highest BCUT2D eigenvalue weighted by atomic mass is 16.1. The number of unbranched alkanes of at least 4 members (excludes halogenated alkanes) is 1. The molecule has 0 aliphatic heterocycles. The number of aliphatic imine (C=N–C) groups is 1. The number of hydrogen-bond acceptors (Lipinski definition) is 6. The highest BCUT2D eigenvalue weighted by Crippen LogP contribution is 2.31. The summed E-state index contributed by atoms with van der Waals surface area (Å²) in [5.74, 6) is 0.623. The molecule has 0 bridgehead atoms. The van der Waals surface area contributed by atoms with Crippen molar-refractivity contribution in [3.63, 3.8) is 0 Å². The van der Waals surface area contributed by atoms with Crippen molar-refractivity contribution in [2.75, 3.05) is 17.6 Å². The molecule has 4 N–H and O–H groups in total. The first-order valence-electron chi connectivity index (χ1n) is 8.52. The van der Waals surface area contributed by atoms with Gasteiger partial charge < -0.3 is 16.4 Å². The van der Waals surface area contributed by atoms with Gasteiger partial charge in [-0.15, -0.1) is 0 Å². The Balaban J connectivity index is 3.26. The molecule has 1 amide bonds. The maximum absolute atomic E-state index is 11.3. The average molecular weight is 346 g/mol. The fraction of sp³-hybridized carbons (Fsp3) is 0.556. The van der Waals surface area contributed by atoms with Gasteiger partial charge in [0.1, 0.15) is 5.69 Å². The summed E-state index contributed by atoms with van der Waals surface area (Å²) < 4.78 is 0. The number of nitrogens with two attached hydrogens (primary N) is 1. The highest BCUT2D eigenvalue weighted by Gasteiger charge is 2.26. The van der Waals surface area contributed by atoms with Gasteiger partial charge in [-0.3, -0.25) is 9.79 Å². The molecule has 0 saturated carbocycles. The van der Waals surface area contributed by atoms with E-state index in [1.54, 1.807) is 0 Å². The lowest BCUT2D eigenvalue weighted by Crippen LogP contribution is -2.46. The van der Waals surface area contributed by atoms with Crippen molar-refractivity contribution in [1.29, 1.82) is 0 Å². The number of allylic oxidation sites excluding steroid dienone is 1. The molecule has 1 atom stereocenters. The Morgan fingerprint density at radius 3 is 2.56 bits per heavy atom. The zero-order valence-corrected chi connectivity index (χ0v) is 15.9. The molecule has 1 heterocycles. The summed E-state index contributed by atoms with van der Waals surface area (Å²) in [4.78, 5) is 24.0. The maximum Gasteiger partial charge on any atom is 0.222 e. The first kappa shape index (κ1) is 20.6. The minimum atomic E-state index is -0.385. The van der Waals surface area contributed by atoms with Crippen LogP contribution >= 0.6 is 0 Å². The van der Waals surface area contributed by atoms with E-state index in [1.165, 1.54) is 6.92 Å². The molecule has 7 nitrogen and oxygen atoms in total. The molecule has 1 rings (SSSR count). The van der Waals surface area contributed by atoms with Crippen molar-refractivity contribution in [3.05, 3.63) is 11.3 Å². The lowest BCUT2D eigenvalue weighted by atomic mass is 9.94. The van der Waals surface area contributed by atoms with Crippen LogP contribution in [-0.4, -0.2) is 34.7 Å². The lowest BCUT2D eigenvalue weighted by Gasteiger charge is -2.32. The number of hydrogen-bond donors (Lipinski definition) is 3. The number of nitrogens with zero attached hydrogens (tertiary/aromatic N) is 3. The molecule has 0 unspecified atom stereocenters. The number of carbonyl (C=O) groups is 1. The maximum atomic E-state index is 11.3. The van der Waals surface area contributed by atoms with Crippen LogP contribution in [0.2, 0.25) is 0 Å². The fourth-order valence-electron chi connectivity index (χ4n) is 2.47. The van der Waals surface area contributed by atoms with Gasteiger partial charge in [-0.25, -0.2) is 4.98 Å². The molecular formula is C18H30N6O. The van der Waals surface area contributed by atoms with Gasteiger partial charge in [-0.1, -0.05) is 25.3 Å². The van der Waals surface area contributed by atoms with Gasteiger partial charge in [0.05, 0.1) is 11.2 Å². The van der Waals surface area contributed by atoms with Crippen molar-refractivity contribution in [2.24, 2.45) is 4.99 Å². The molecule has 7 heteroatoms. The summed E-state index contributed by atoms with van der Waals surface area (Å²) in [5, 5.41) is 6.29. The smallest absolute Gasteiger partial charge is 0.222 e. The van der Waals surface area contributed by atoms with Crippen LogP contribution in [-0.2, 0) is 4.79 Å². The van der Waals surface area contributed by atoms with E-state index in [9.17, 15) is 4.79 Å². The van der Waals surface area contributed by atoms with E-state index in [2.05, 4.69) is 39.2 Å². The van der Waals surface area contributed by atoms with E-state index >= 15 is 0 Å². The molecule has 0 aromatic carbocycles. The SMILES string of the molecule is C=Nc1c(C=C(C)C)nc(N)nc1N[C@](C)(CCCC)CNC(C)=O. The number of carbonyl (C=O) groups excluding carboxylic acids is 1. The largest absolute Gasteiger partial charge is 0.368 e. The molecule has 1 aromatic rings. The van der Waals surface area contributed by atoms with Crippen molar-refractivity contribution in [1.82, 2.24) is 15.3 Å². The van der Waals surface area contributed by atoms with Crippen LogP contribution in [0, 0.1) is 0 Å². The second kappa shape index (κ2) is 9.15. The molecule has 0 radical (unpaired) electrons. The first-order chi connectivity index (χ1) is 11.7. The highest BCUT2D eigenvalue weighted by molar-refractivity contribution is 5.76. The first-order valence-corrected chi connectivity index (χ1v) is 8.52. The number of anilines is 2. The number of aromatic nitrogens is 2. The topological polar surface area (TPSA) is 105 Å². The van der Waals surface area contributed by atoms with Gasteiger partial charge >= 0.3 is 0 Å². The summed E-state index contributed by atoms with van der Waals surface area (Å²) in [6.45, 7) is 13.7. The summed E-state index contributed by atoms with van der Waals surface area (Å²) in [6, 6.07) is 0.